The molecule has 28 heavy (non-hydrogen) atoms. The summed E-state index contributed by atoms with van der Waals surface area (Å²) < 4.78 is 43.7. The molecular formula is C16H15F3N4O3S2. The molecule has 0 aliphatic carbocycles. The van der Waals surface area contributed by atoms with Crippen molar-refractivity contribution in [2.45, 2.75) is 11.2 Å². The molecule has 2 aromatic rings. The van der Waals surface area contributed by atoms with Gasteiger partial charge in [0.25, 0.3) is 0 Å². The topological polar surface area (TPSA) is 66.9 Å². The second-order valence-electron chi connectivity index (χ2n) is 5.42. The van der Waals surface area contributed by atoms with Gasteiger partial charge in [-0.25, -0.2) is 9.78 Å². The van der Waals surface area contributed by atoms with Gasteiger partial charge in [0.2, 0.25) is 0 Å². The van der Waals surface area contributed by atoms with Crippen LogP contribution in [0.15, 0.2) is 47.6 Å². The first kappa shape index (κ1) is 20.4. The molecule has 0 spiro atoms. The van der Waals surface area contributed by atoms with Crippen molar-refractivity contribution in [3.05, 3.63) is 48.2 Å². The molecule has 0 atom stereocenters. The molecule has 0 bridgehead atoms. The summed E-state index contributed by atoms with van der Waals surface area (Å²) in [5, 5.41) is 3.08. The van der Waals surface area contributed by atoms with Crippen molar-refractivity contribution < 1.29 is 27.5 Å². The zero-order valence-electron chi connectivity index (χ0n) is 14.5. The minimum atomic E-state index is -4.51. The standard InChI is InChI=1S/C16H15F3N4O3S2/c1-22-12-6-5-11(16(17,18)19)10-13(12)23(21-22)26-15(24)25-8-9-27-28-14-4-2-3-7-20-14/h2-7,10,21H,8-9H2,1H3. The van der Waals surface area contributed by atoms with E-state index in [-0.39, 0.29) is 12.3 Å². The Morgan fingerprint density at radius 1 is 1.25 bits per heavy atom. The molecule has 0 saturated heterocycles. The van der Waals surface area contributed by atoms with Crippen molar-refractivity contribution in [1.82, 2.24) is 10.5 Å². The first-order valence-corrected chi connectivity index (χ1v) is 10.2. The summed E-state index contributed by atoms with van der Waals surface area (Å²) in [6.07, 6.45) is -3.86. The second-order valence-corrected chi connectivity index (χ2v) is 7.85. The van der Waals surface area contributed by atoms with E-state index in [1.54, 1.807) is 13.2 Å². The van der Waals surface area contributed by atoms with Crippen molar-refractivity contribution in [3.63, 3.8) is 0 Å². The van der Waals surface area contributed by atoms with Crippen LogP contribution in [0, 0.1) is 0 Å². The van der Waals surface area contributed by atoms with Gasteiger partial charge in [0, 0.05) is 19.0 Å². The molecule has 1 aromatic carbocycles. The minimum Gasteiger partial charge on any atom is -0.432 e. The van der Waals surface area contributed by atoms with Crippen LogP contribution in [0.2, 0.25) is 0 Å². The molecule has 1 aromatic heterocycles. The van der Waals surface area contributed by atoms with E-state index < -0.39 is 17.9 Å². The zero-order chi connectivity index (χ0) is 20.1. The summed E-state index contributed by atoms with van der Waals surface area (Å²) >= 11 is 0. The number of fused-ring (bicyclic) bond motifs is 1. The van der Waals surface area contributed by atoms with Crippen molar-refractivity contribution in [2.75, 3.05) is 29.6 Å². The fourth-order valence-corrected chi connectivity index (χ4v) is 3.92. The monoisotopic (exact) mass is 432 g/mol. The Balaban J connectivity index is 1.48. The molecule has 0 radical (unpaired) electrons. The lowest BCUT2D eigenvalue weighted by Crippen LogP contribution is -2.43. The lowest BCUT2D eigenvalue weighted by molar-refractivity contribution is -0.137. The van der Waals surface area contributed by atoms with Crippen LogP contribution in [-0.2, 0) is 15.8 Å². The first-order valence-electron chi connectivity index (χ1n) is 7.91. The largest absolute Gasteiger partial charge is 0.534 e. The van der Waals surface area contributed by atoms with Gasteiger partial charge in [-0.3, -0.25) is 9.85 Å². The van der Waals surface area contributed by atoms with Gasteiger partial charge in [-0.1, -0.05) is 16.9 Å². The summed E-state index contributed by atoms with van der Waals surface area (Å²) in [6.45, 7) is 0.0719. The number of halogens is 3. The lowest BCUT2D eigenvalue weighted by Gasteiger charge is -2.18. The highest BCUT2D eigenvalue weighted by Crippen LogP contribution is 2.38. The van der Waals surface area contributed by atoms with Crippen LogP contribution >= 0.6 is 21.6 Å². The number of carbonyl (C=O) groups is 1. The van der Waals surface area contributed by atoms with Gasteiger partial charge in [0.1, 0.15) is 17.3 Å². The number of hydrogen-bond acceptors (Lipinski definition) is 9. The summed E-state index contributed by atoms with van der Waals surface area (Å²) in [7, 11) is 4.46. The Kier molecular flexibility index (Phi) is 6.42. The van der Waals surface area contributed by atoms with Gasteiger partial charge in [0.15, 0.2) is 0 Å². The van der Waals surface area contributed by atoms with Crippen molar-refractivity contribution in [2.24, 2.45) is 0 Å². The van der Waals surface area contributed by atoms with E-state index in [4.69, 9.17) is 9.57 Å². The molecule has 1 aliphatic rings. The molecule has 150 valence electrons. The second kappa shape index (κ2) is 8.80. The van der Waals surface area contributed by atoms with Crippen LogP contribution in [0.1, 0.15) is 5.56 Å². The van der Waals surface area contributed by atoms with Gasteiger partial charge < -0.3 is 4.74 Å². The predicted octanol–water partition coefficient (Wildman–Crippen LogP) is 4.28. The smallest absolute Gasteiger partial charge is 0.432 e. The number of ether oxygens (including phenoxy) is 1. The normalized spacial score (nSPS) is 13.4. The predicted molar refractivity (Wildman–Crippen MR) is 100 cm³/mol. The number of aromatic nitrogens is 1. The number of hydrazine groups is 2. The minimum absolute atomic E-state index is 0.0503. The maximum Gasteiger partial charge on any atom is 0.534 e. The fourth-order valence-electron chi connectivity index (χ4n) is 2.22. The first-order chi connectivity index (χ1) is 13.3. The Bertz CT molecular complexity index is 827. The zero-order valence-corrected chi connectivity index (χ0v) is 16.1. The van der Waals surface area contributed by atoms with Crippen LogP contribution in [-0.4, -0.2) is 30.5 Å². The highest BCUT2D eigenvalue weighted by Gasteiger charge is 2.35. The number of alkyl halides is 3. The lowest BCUT2D eigenvalue weighted by atomic mass is 10.1. The van der Waals surface area contributed by atoms with E-state index in [1.165, 1.54) is 32.7 Å². The number of rotatable bonds is 6. The molecule has 7 nitrogen and oxygen atoms in total. The number of nitrogens with zero attached hydrogens (tertiary/aromatic N) is 3. The van der Waals surface area contributed by atoms with Crippen LogP contribution in [0.3, 0.4) is 0 Å². The maximum absolute atomic E-state index is 12.9. The van der Waals surface area contributed by atoms with E-state index in [2.05, 4.69) is 10.5 Å². The molecule has 2 heterocycles. The van der Waals surface area contributed by atoms with E-state index in [0.29, 0.717) is 11.4 Å². The maximum atomic E-state index is 12.9. The Morgan fingerprint density at radius 2 is 2.07 bits per heavy atom. The molecule has 0 fully saturated rings. The molecular weight excluding hydrogens is 417 g/mol. The molecule has 1 N–H and O–H groups in total. The highest BCUT2D eigenvalue weighted by atomic mass is 33.1. The van der Waals surface area contributed by atoms with Gasteiger partial charge in [-0.05, 0) is 41.1 Å². The number of carbonyl (C=O) groups excluding carboxylic acids is 1. The summed E-state index contributed by atoms with van der Waals surface area (Å²) in [5.41, 5.74) is 2.23. The Morgan fingerprint density at radius 3 is 2.79 bits per heavy atom. The molecule has 12 heteroatoms. The third-order valence-corrected chi connectivity index (χ3v) is 5.69. The van der Waals surface area contributed by atoms with Gasteiger partial charge in [0.05, 0.1) is 11.3 Å². The molecule has 0 unspecified atom stereocenters. The summed E-state index contributed by atoms with van der Waals surface area (Å²) in [4.78, 5) is 20.9. The average Bonchev–Trinajstić information content (AvgIpc) is 2.97. The van der Waals surface area contributed by atoms with Crippen LogP contribution in [0.25, 0.3) is 0 Å². The van der Waals surface area contributed by atoms with Crippen LogP contribution in [0.5, 0.6) is 0 Å². The van der Waals surface area contributed by atoms with E-state index in [9.17, 15) is 18.0 Å². The fraction of sp³-hybridized carbons (Fsp3) is 0.250. The number of benzene rings is 1. The third kappa shape index (κ3) is 5.14. The average molecular weight is 432 g/mol. The van der Waals surface area contributed by atoms with Crippen molar-refractivity contribution >= 4 is 39.1 Å². The van der Waals surface area contributed by atoms with E-state index in [0.717, 1.165) is 22.3 Å². The molecule has 0 amide bonds. The molecule has 3 rings (SSSR count). The van der Waals surface area contributed by atoms with Crippen molar-refractivity contribution in [1.29, 1.82) is 0 Å². The number of nitrogens with one attached hydrogen (secondary N) is 1. The quantitative estimate of drug-likeness (QED) is 0.409. The SMILES string of the molecule is CN1NN(OC(=O)OCCSSc2ccccn2)c2cc(C(F)(F)F)ccc21. The number of pyridine rings is 1. The van der Waals surface area contributed by atoms with Crippen molar-refractivity contribution in [3.8, 4) is 0 Å². The Hall–Kier alpha value is -2.31. The van der Waals surface area contributed by atoms with E-state index in [1.807, 2.05) is 18.2 Å². The molecule has 1 aliphatic heterocycles. The summed E-state index contributed by atoms with van der Waals surface area (Å²) in [5.74, 6) is 0.485. The Labute approximate surface area is 166 Å². The summed E-state index contributed by atoms with van der Waals surface area (Å²) in [6, 6.07) is 8.66. The van der Waals surface area contributed by atoms with Crippen LogP contribution in [0.4, 0.5) is 29.3 Å². The highest BCUT2D eigenvalue weighted by molar-refractivity contribution is 8.76. The molecule has 0 saturated carbocycles. The van der Waals surface area contributed by atoms with E-state index >= 15 is 0 Å². The van der Waals surface area contributed by atoms with Crippen LogP contribution < -0.4 is 15.7 Å². The third-order valence-electron chi connectivity index (χ3n) is 3.46. The number of hydrogen-bond donors (Lipinski definition) is 1. The number of anilines is 2. The van der Waals surface area contributed by atoms with Gasteiger partial charge >= 0.3 is 12.3 Å². The van der Waals surface area contributed by atoms with Gasteiger partial charge in [-0.2, -0.15) is 13.2 Å². The van der Waals surface area contributed by atoms with Gasteiger partial charge in [-0.15, -0.1) is 10.7 Å².